The number of hydrogen-bond donors (Lipinski definition) is 1. The molecule has 0 spiro atoms. The largest absolute Gasteiger partial charge is 0.478 e. The average molecular weight is 287 g/mol. The van der Waals surface area contributed by atoms with E-state index in [1.165, 1.54) is 12.1 Å². The molecule has 6 heteroatoms. The lowest BCUT2D eigenvalue weighted by molar-refractivity contribution is -0.385. The zero-order valence-electron chi connectivity index (χ0n) is 11.5. The third-order valence-electron chi connectivity index (χ3n) is 3.12. The molecule has 0 aliphatic carbocycles. The summed E-state index contributed by atoms with van der Waals surface area (Å²) in [6, 6.07) is 9.17. The topological polar surface area (TPSA) is 89.7 Å². The number of ether oxygens (including phenoxy) is 1. The molecule has 0 saturated carbocycles. The molecule has 2 rings (SSSR count). The van der Waals surface area contributed by atoms with Crippen LogP contribution >= 0.6 is 0 Å². The number of aryl methyl sites for hydroxylation is 1. The number of carboxylic acid groups (broad SMARTS) is 1. The van der Waals surface area contributed by atoms with Crippen LogP contribution in [0, 0.1) is 24.0 Å². The van der Waals surface area contributed by atoms with E-state index in [1.54, 1.807) is 38.1 Å². The zero-order valence-corrected chi connectivity index (χ0v) is 11.5. The van der Waals surface area contributed by atoms with Gasteiger partial charge < -0.3 is 9.84 Å². The van der Waals surface area contributed by atoms with Crippen LogP contribution in [0.25, 0.3) is 0 Å². The average Bonchev–Trinajstić information content (AvgIpc) is 2.42. The van der Waals surface area contributed by atoms with Gasteiger partial charge in [0.25, 0.3) is 5.69 Å². The predicted octanol–water partition coefficient (Wildman–Crippen LogP) is 3.70. The van der Waals surface area contributed by atoms with Crippen LogP contribution in [-0.4, -0.2) is 16.0 Å². The molecule has 0 aromatic heterocycles. The Balaban J connectivity index is 2.39. The molecule has 0 bridgehead atoms. The van der Waals surface area contributed by atoms with E-state index in [0.29, 0.717) is 16.9 Å². The highest BCUT2D eigenvalue weighted by Gasteiger charge is 2.14. The van der Waals surface area contributed by atoms with Crippen molar-refractivity contribution in [2.75, 3.05) is 0 Å². The minimum absolute atomic E-state index is 0.0421. The molecular weight excluding hydrogens is 274 g/mol. The van der Waals surface area contributed by atoms with Crippen LogP contribution in [0.5, 0.6) is 11.5 Å². The Bertz CT molecular complexity index is 724. The van der Waals surface area contributed by atoms with Gasteiger partial charge in [0.1, 0.15) is 11.5 Å². The van der Waals surface area contributed by atoms with Crippen molar-refractivity contribution in [2.24, 2.45) is 0 Å². The first-order valence-corrected chi connectivity index (χ1v) is 6.16. The number of rotatable bonds is 4. The molecule has 0 fully saturated rings. The summed E-state index contributed by atoms with van der Waals surface area (Å²) >= 11 is 0. The minimum atomic E-state index is -1.05. The van der Waals surface area contributed by atoms with Gasteiger partial charge in [-0.25, -0.2) is 4.79 Å². The summed E-state index contributed by atoms with van der Waals surface area (Å²) in [5.41, 5.74) is 1.09. The molecule has 1 N–H and O–H groups in total. The maximum absolute atomic E-state index is 11.1. The van der Waals surface area contributed by atoms with Crippen LogP contribution in [0.2, 0.25) is 0 Å². The molecule has 2 aromatic rings. The second-order valence-electron chi connectivity index (χ2n) is 4.54. The lowest BCUT2D eigenvalue weighted by atomic mass is 10.1. The number of carboxylic acids is 1. The zero-order chi connectivity index (χ0) is 15.6. The Labute approximate surface area is 120 Å². The van der Waals surface area contributed by atoms with Crippen LogP contribution in [0.1, 0.15) is 21.5 Å². The molecule has 0 radical (unpaired) electrons. The Morgan fingerprint density at radius 2 is 1.95 bits per heavy atom. The number of benzene rings is 2. The highest BCUT2D eigenvalue weighted by molar-refractivity contribution is 5.90. The second kappa shape index (κ2) is 5.62. The molecule has 6 nitrogen and oxygen atoms in total. The van der Waals surface area contributed by atoms with E-state index in [-0.39, 0.29) is 17.0 Å². The van der Waals surface area contributed by atoms with Gasteiger partial charge >= 0.3 is 5.97 Å². The number of nitrogens with zero attached hydrogens (tertiary/aromatic N) is 1. The Kier molecular flexibility index (Phi) is 3.89. The number of aromatic carboxylic acids is 1. The highest BCUT2D eigenvalue weighted by atomic mass is 16.6. The SMILES string of the molecule is Cc1ccc(Oc2cccc(C(=O)O)c2C)cc1[N+](=O)[O-]. The van der Waals surface area contributed by atoms with Crippen molar-refractivity contribution in [2.45, 2.75) is 13.8 Å². The maximum Gasteiger partial charge on any atom is 0.336 e. The molecule has 0 aliphatic heterocycles. The first-order chi connectivity index (χ1) is 9.90. The Hall–Kier alpha value is -2.89. The highest BCUT2D eigenvalue weighted by Crippen LogP contribution is 2.30. The van der Waals surface area contributed by atoms with Gasteiger partial charge in [-0.15, -0.1) is 0 Å². The van der Waals surface area contributed by atoms with E-state index in [9.17, 15) is 14.9 Å². The predicted molar refractivity (Wildman–Crippen MR) is 76.0 cm³/mol. The third kappa shape index (κ3) is 3.00. The summed E-state index contributed by atoms with van der Waals surface area (Å²) in [6.07, 6.45) is 0. The first-order valence-electron chi connectivity index (χ1n) is 6.16. The molecule has 2 aromatic carbocycles. The Morgan fingerprint density at radius 3 is 2.57 bits per heavy atom. The number of nitro groups is 1. The first kappa shape index (κ1) is 14.5. The standard InChI is InChI=1S/C15H13NO5/c1-9-6-7-11(8-13(9)16(19)20)21-14-5-3-4-12(10(14)2)15(17)18/h3-8H,1-2H3,(H,17,18). The monoisotopic (exact) mass is 287 g/mol. The fourth-order valence-electron chi connectivity index (χ4n) is 1.93. The smallest absolute Gasteiger partial charge is 0.336 e. The summed E-state index contributed by atoms with van der Waals surface area (Å²) in [5.74, 6) is -0.404. The van der Waals surface area contributed by atoms with E-state index in [4.69, 9.17) is 9.84 Å². The van der Waals surface area contributed by atoms with E-state index in [1.807, 2.05) is 0 Å². The quantitative estimate of drug-likeness (QED) is 0.684. The van der Waals surface area contributed by atoms with Gasteiger partial charge in [0, 0.05) is 11.1 Å². The van der Waals surface area contributed by atoms with Crippen molar-refractivity contribution in [1.29, 1.82) is 0 Å². The molecule has 0 saturated heterocycles. The molecule has 0 heterocycles. The van der Waals surface area contributed by atoms with Crippen LogP contribution in [0.3, 0.4) is 0 Å². The number of hydrogen-bond acceptors (Lipinski definition) is 4. The van der Waals surface area contributed by atoms with Gasteiger partial charge in [0.05, 0.1) is 16.6 Å². The van der Waals surface area contributed by atoms with Crippen molar-refractivity contribution >= 4 is 11.7 Å². The molecular formula is C15H13NO5. The van der Waals surface area contributed by atoms with Gasteiger partial charge in [-0.2, -0.15) is 0 Å². The molecule has 108 valence electrons. The molecule has 0 unspecified atom stereocenters. The number of nitro benzene ring substituents is 1. The fourth-order valence-corrected chi connectivity index (χ4v) is 1.93. The van der Waals surface area contributed by atoms with Gasteiger partial charge in [0.2, 0.25) is 0 Å². The Morgan fingerprint density at radius 1 is 1.24 bits per heavy atom. The summed E-state index contributed by atoms with van der Waals surface area (Å²) in [4.78, 5) is 21.5. The van der Waals surface area contributed by atoms with Crippen molar-refractivity contribution < 1.29 is 19.6 Å². The van der Waals surface area contributed by atoms with E-state index in [2.05, 4.69) is 0 Å². The second-order valence-corrected chi connectivity index (χ2v) is 4.54. The van der Waals surface area contributed by atoms with E-state index >= 15 is 0 Å². The molecule has 0 atom stereocenters. The minimum Gasteiger partial charge on any atom is -0.478 e. The number of carbonyl (C=O) groups is 1. The lowest BCUT2D eigenvalue weighted by Crippen LogP contribution is -2.01. The van der Waals surface area contributed by atoms with Crippen LogP contribution in [-0.2, 0) is 0 Å². The van der Waals surface area contributed by atoms with Crippen molar-refractivity contribution in [3.63, 3.8) is 0 Å². The van der Waals surface area contributed by atoms with Crippen molar-refractivity contribution in [1.82, 2.24) is 0 Å². The summed E-state index contributed by atoms with van der Waals surface area (Å²) in [7, 11) is 0. The summed E-state index contributed by atoms with van der Waals surface area (Å²) in [5, 5.41) is 20.0. The normalized spacial score (nSPS) is 10.2. The third-order valence-corrected chi connectivity index (χ3v) is 3.12. The van der Waals surface area contributed by atoms with E-state index < -0.39 is 10.9 Å². The van der Waals surface area contributed by atoms with Crippen LogP contribution in [0.4, 0.5) is 5.69 Å². The van der Waals surface area contributed by atoms with Gasteiger partial charge in [-0.1, -0.05) is 6.07 Å². The van der Waals surface area contributed by atoms with Crippen LogP contribution in [0.15, 0.2) is 36.4 Å². The van der Waals surface area contributed by atoms with Crippen molar-refractivity contribution in [3.8, 4) is 11.5 Å². The fraction of sp³-hybridized carbons (Fsp3) is 0.133. The lowest BCUT2D eigenvalue weighted by Gasteiger charge is -2.10. The molecule has 0 aliphatic rings. The van der Waals surface area contributed by atoms with E-state index in [0.717, 1.165) is 0 Å². The summed E-state index contributed by atoms with van der Waals surface area (Å²) in [6.45, 7) is 3.26. The van der Waals surface area contributed by atoms with Crippen LogP contribution < -0.4 is 4.74 Å². The van der Waals surface area contributed by atoms with Gasteiger partial charge in [0.15, 0.2) is 0 Å². The molecule has 21 heavy (non-hydrogen) atoms. The van der Waals surface area contributed by atoms with Crippen molar-refractivity contribution in [3.05, 3.63) is 63.2 Å². The maximum atomic E-state index is 11.1. The van der Waals surface area contributed by atoms with Gasteiger partial charge in [-0.05, 0) is 38.1 Å². The van der Waals surface area contributed by atoms with Gasteiger partial charge in [-0.3, -0.25) is 10.1 Å². The summed E-state index contributed by atoms with van der Waals surface area (Å²) < 4.78 is 5.58. The molecule has 0 amide bonds.